The summed E-state index contributed by atoms with van der Waals surface area (Å²) in [4.78, 5) is 2.08. The van der Waals surface area contributed by atoms with E-state index in [2.05, 4.69) is 34.5 Å². The zero-order valence-corrected chi connectivity index (χ0v) is 10.4. The summed E-state index contributed by atoms with van der Waals surface area (Å²) in [5.41, 5.74) is 2.34. The van der Waals surface area contributed by atoms with Crippen LogP contribution in [0.25, 0.3) is 0 Å². The Morgan fingerprint density at radius 3 is 2.56 bits per heavy atom. The number of hydrogen-bond donors (Lipinski definition) is 1. The average Bonchev–Trinajstić information content (AvgIpc) is 2.77. The number of benzene rings is 1. The van der Waals surface area contributed by atoms with E-state index in [1.807, 2.05) is 14.1 Å². The van der Waals surface area contributed by atoms with Gasteiger partial charge in [0.1, 0.15) is 6.23 Å². The highest BCUT2D eigenvalue weighted by Crippen LogP contribution is 2.23. The Bertz CT molecular complexity index is 339. The third kappa shape index (κ3) is 2.48. The fraction of sp³-hybridized carbons (Fsp3) is 0.500. The monoisotopic (exact) mass is 240 g/mol. The lowest BCUT2D eigenvalue weighted by Gasteiger charge is -2.15. The van der Waals surface area contributed by atoms with E-state index < -0.39 is 0 Å². The third-order valence-electron chi connectivity index (χ3n) is 2.75. The van der Waals surface area contributed by atoms with Gasteiger partial charge in [0.25, 0.3) is 0 Å². The van der Waals surface area contributed by atoms with Crippen molar-refractivity contribution in [3.63, 3.8) is 0 Å². The predicted octanol–water partition coefficient (Wildman–Crippen LogP) is 1.98. The van der Waals surface area contributed by atoms with Gasteiger partial charge in [-0.1, -0.05) is 12.1 Å². The second kappa shape index (κ2) is 5.04. The van der Waals surface area contributed by atoms with Gasteiger partial charge in [-0.3, -0.25) is 5.32 Å². The summed E-state index contributed by atoms with van der Waals surface area (Å²) in [6.07, 6.45) is -0.0139. The van der Waals surface area contributed by atoms with Crippen LogP contribution in [-0.2, 0) is 4.74 Å². The van der Waals surface area contributed by atoms with Crippen LogP contribution in [-0.4, -0.2) is 32.6 Å². The molecule has 0 spiro atoms. The molecule has 1 saturated heterocycles. The molecule has 2 rings (SSSR count). The highest BCUT2D eigenvalue weighted by Gasteiger charge is 2.24. The van der Waals surface area contributed by atoms with Crippen LogP contribution in [0, 0.1) is 0 Å². The number of ether oxygens (including phenoxy) is 1. The number of halogens is 1. The summed E-state index contributed by atoms with van der Waals surface area (Å²) in [6, 6.07) is 8.62. The highest BCUT2D eigenvalue weighted by molar-refractivity contribution is 6.18. The minimum atomic E-state index is -0.0139. The summed E-state index contributed by atoms with van der Waals surface area (Å²) in [6.45, 7) is 0.684. The third-order valence-corrected chi connectivity index (χ3v) is 3.12. The molecule has 0 radical (unpaired) electrons. The topological polar surface area (TPSA) is 24.5 Å². The first-order chi connectivity index (χ1) is 7.70. The van der Waals surface area contributed by atoms with Gasteiger partial charge in [0.05, 0.1) is 6.61 Å². The van der Waals surface area contributed by atoms with Crippen LogP contribution in [0.3, 0.4) is 0 Å². The van der Waals surface area contributed by atoms with Crippen molar-refractivity contribution in [2.45, 2.75) is 12.3 Å². The number of rotatable bonds is 3. The van der Waals surface area contributed by atoms with Crippen LogP contribution in [0.15, 0.2) is 24.3 Å². The van der Waals surface area contributed by atoms with Crippen LogP contribution in [0.1, 0.15) is 11.8 Å². The van der Waals surface area contributed by atoms with Gasteiger partial charge in [-0.2, -0.15) is 0 Å². The molecule has 1 fully saturated rings. The second-order valence-electron chi connectivity index (χ2n) is 4.22. The van der Waals surface area contributed by atoms with E-state index in [1.165, 1.54) is 5.69 Å². The SMILES string of the molecule is CN(C)c1ccc([C@@H]2N[C@H](CCl)CO2)cc1. The van der Waals surface area contributed by atoms with Gasteiger partial charge in [-0.25, -0.2) is 0 Å². The second-order valence-corrected chi connectivity index (χ2v) is 4.53. The first-order valence-electron chi connectivity index (χ1n) is 5.41. The molecule has 0 bridgehead atoms. The van der Waals surface area contributed by atoms with Crippen molar-refractivity contribution in [3.05, 3.63) is 29.8 Å². The smallest absolute Gasteiger partial charge is 0.134 e. The number of nitrogens with one attached hydrogen (secondary N) is 1. The number of alkyl halides is 1. The summed E-state index contributed by atoms with van der Waals surface area (Å²) >= 11 is 5.78. The molecule has 4 heteroatoms. The summed E-state index contributed by atoms with van der Waals surface area (Å²) < 4.78 is 5.63. The largest absolute Gasteiger partial charge is 0.378 e. The molecular formula is C12H17ClN2O. The Morgan fingerprint density at radius 2 is 2.06 bits per heavy atom. The molecule has 0 saturated carbocycles. The van der Waals surface area contributed by atoms with Crippen molar-refractivity contribution in [1.82, 2.24) is 5.32 Å². The molecule has 2 atom stereocenters. The summed E-state index contributed by atoms with van der Waals surface area (Å²) in [7, 11) is 4.06. The normalized spacial score (nSPS) is 24.7. The van der Waals surface area contributed by atoms with Crippen LogP contribution in [0.4, 0.5) is 5.69 Å². The van der Waals surface area contributed by atoms with E-state index in [-0.39, 0.29) is 12.3 Å². The van der Waals surface area contributed by atoms with Crippen molar-refractivity contribution in [1.29, 1.82) is 0 Å². The molecule has 1 heterocycles. The van der Waals surface area contributed by atoms with Crippen LogP contribution >= 0.6 is 11.6 Å². The van der Waals surface area contributed by atoms with Gasteiger partial charge < -0.3 is 9.64 Å². The molecule has 0 aliphatic carbocycles. The van der Waals surface area contributed by atoms with E-state index in [0.29, 0.717) is 12.5 Å². The zero-order chi connectivity index (χ0) is 11.5. The van der Waals surface area contributed by atoms with Gasteiger partial charge in [-0.15, -0.1) is 11.6 Å². The fourth-order valence-corrected chi connectivity index (χ4v) is 1.93. The maximum atomic E-state index is 5.78. The number of nitrogens with zero attached hydrogens (tertiary/aromatic N) is 1. The molecule has 1 N–H and O–H groups in total. The van der Waals surface area contributed by atoms with E-state index in [1.54, 1.807) is 0 Å². The Balaban J connectivity index is 2.05. The van der Waals surface area contributed by atoms with E-state index in [4.69, 9.17) is 16.3 Å². The Labute approximate surface area is 101 Å². The number of hydrogen-bond acceptors (Lipinski definition) is 3. The first-order valence-corrected chi connectivity index (χ1v) is 5.95. The van der Waals surface area contributed by atoms with Crippen molar-refractivity contribution >= 4 is 17.3 Å². The van der Waals surface area contributed by atoms with Crippen molar-refractivity contribution in [2.24, 2.45) is 0 Å². The fourth-order valence-electron chi connectivity index (χ4n) is 1.75. The van der Waals surface area contributed by atoms with Crippen LogP contribution < -0.4 is 10.2 Å². The molecule has 3 nitrogen and oxygen atoms in total. The molecule has 1 aromatic carbocycles. The van der Waals surface area contributed by atoms with Crippen molar-refractivity contribution in [3.8, 4) is 0 Å². The standard InChI is InChI=1S/C12H17ClN2O/c1-15(2)11-5-3-9(4-6-11)12-14-10(7-13)8-16-12/h3-6,10,12,14H,7-8H2,1-2H3/t10-,12-/m1/s1. The quantitative estimate of drug-likeness (QED) is 0.818. The van der Waals surface area contributed by atoms with Crippen LogP contribution in [0.5, 0.6) is 0 Å². The lowest BCUT2D eigenvalue weighted by atomic mass is 10.1. The molecular weight excluding hydrogens is 224 g/mol. The van der Waals surface area contributed by atoms with E-state index in [9.17, 15) is 0 Å². The van der Waals surface area contributed by atoms with Gasteiger partial charge in [-0.05, 0) is 17.7 Å². The maximum Gasteiger partial charge on any atom is 0.134 e. The zero-order valence-electron chi connectivity index (χ0n) is 9.61. The van der Waals surface area contributed by atoms with Gasteiger partial charge >= 0.3 is 0 Å². The Kier molecular flexibility index (Phi) is 3.69. The van der Waals surface area contributed by atoms with Crippen molar-refractivity contribution < 1.29 is 4.74 Å². The lowest BCUT2D eigenvalue weighted by molar-refractivity contribution is 0.101. The molecule has 1 aliphatic rings. The molecule has 0 aromatic heterocycles. The number of anilines is 1. The van der Waals surface area contributed by atoms with Crippen LogP contribution in [0.2, 0.25) is 0 Å². The Hall–Kier alpha value is -0.770. The highest BCUT2D eigenvalue weighted by atomic mass is 35.5. The first kappa shape index (κ1) is 11.7. The molecule has 1 aliphatic heterocycles. The maximum absolute atomic E-state index is 5.78. The van der Waals surface area contributed by atoms with Gasteiger partial charge in [0, 0.05) is 31.7 Å². The molecule has 88 valence electrons. The lowest BCUT2D eigenvalue weighted by Crippen LogP contribution is -2.27. The molecule has 1 aromatic rings. The Morgan fingerprint density at radius 1 is 1.38 bits per heavy atom. The van der Waals surface area contributed by atoms with Gasteiger partial charge in [0.2, 0.25) is 0 Å². The molecule has 0 unspecified atom stereocenters. The minimum Gasteiger partial charge on any atom is -0.378 e. The summed E-state index contributed by atoms with van der Waals surface area (Å²) in [5, 5.41) is 3.34. The molecule has 16 heavy (non-hydrogen) atoms. The van der Waals surface area contributed by atoms with E-state index in [0.717, 1.165) is 5.56 Å². The molecule has 0 amide bonds. The minimum absolute atomic E-state index is 0.0139. The van der Waals surface area contributed by atoms with Gasteiger partial charge in [0.15, 0.2) is 0 Å². The predicted molar refractivity (Wildman–Crippen MR) is 67.1 cm³/mol. The van der Waals surface area contributed by atoms with E-state index >= 15 is 0 Å². The van der Waals surface area contributed by atoms with Crippen molar-refractivity contribution in [2.75, 3.05) is 31.5 Å². The summed E-state index contributed by atoms with van der Waals surface area (Å²) in [5.74, 6) is 0.590. The average molecular weight is 241 g/mol.